The van der Waals surface area contributed by atoms with Crippen LogP contribution < -0.4 is 0 Å². The topological polar surface area (TPSA) is 20.3 Å². The van der Waals surface area contributed by atoms with Crippen LogP contribution in [0.5, 0.6) is 0 Å². The highest BCUT2D eigenvalue weighted by Crippen LogP contribution is 2.26. The number of carbonyl (C=O) groups is 1. The molecule has 1 aromatic carbocycles. The standard InChI is InChI=1S/C16H21BrFNO/c1-11(2)12-5-4-9-19(10-8-12)16(20)13-6-3-7-14(17)15(13)18/h3,6-7,11-12H,4-5,8-10H2,1-2H3. The molecule has 1 unspecified atom stereocenters. The molecule has 4 heteroatoms. The van der Waals surface area contributed by atoms with Gasteiger partial charge < -0.3 is 4.90 Å². The normalized spacial score (nSPS) is 20.1. The van der Waals surface area contributed by atoms with Crippen LogP contribution in [0.1, 0.15) is 43.5 Å². The Labute approximate surface area is 128 Å². The molecule has 0 aromatic heterocycles. The molecule has 0 bridgehead atoms. The molecule has 1 aromatic rings. The number of hydrogen-bond donors (Lipinski definition) is 0. The first-order chi connectivity index (χ1) is 9.50. The molecule has 0 aliphatic carbocycles. The Morgan fingerprint density at radius 3 is 2.80 bits per heavy atom. The van der Waals surface area contributed by atoms with E-state index in [4.69, 9.17) is 0 Å². The van der Waals surface area contributed by atoms with Crippen LogP contribution in [0.2, 0.25) is 0 Å². The molecule has 0 N–H and O–H groups in total. The Balaban J connectivity index is 2.11. The molecule has 1 saturated heterocycles. The molecule has 20 heavy (non-hydrogen) atoms. The molecule has 0 saturated carbocycles. The highest BCUT2D eigenvalue weighted by molar-refractivity contribution is 9.10. The second-order valence-corrected chi connectivity index (χ2v) is 6.68. The van der Waals surface area contributed by atoms with Gasteiger partial charge in [-0.15, -0.1) is 0 Å². The van der Waals surface area contributed by atoms with Crippen molar-refractivity contribution < 1.29 is 9.18 Å². The first-order valence-corrected chi connectivity index (χ1v) is 8.03. The van der Waals surface area contributed by atoms with Gasteiger partial charge in [-0.3, -0.25) is 4.79 Å². The van der Waals surface area contributed by atoms with Gasteiger partial charge in [0.15, 0.2) is 0 Å². The summed E-state index contributed by atoms with van der Waals surface area (Å²) >= 11 is 3.14. The van der Waals surface area contributed by atoms with Crippen LogP contribution in [-0.2, 0) is 0 Å². The molecular formula is C16H21BrFNO. The van der Waals surface area contributed by atoms with Crippen molar-refractivity contribution in [1.82, 2.24) is 4.90 Å². The number of carbonyl (C=O) groups excluding carboxylic acids is 1. The van der Waals surface area contributed by atoms with Crippen LogP contribution in [0.15, 0.2) is 22.7 Å². The van der Waals surface area contributed by atoms with Crippen molar-refractivity contribution in [1.29, 1.82) is 0 Å². The quantitative estimate of drug-likeness (QED) is 0.776. The Morgan fingerprint density at radius 1 is 1.35 bits per heavy atom. The van der Waals surface area contributed by atoms with Crippen molar-refractivity contribution in [2.24, 2.45) is 11.8 Å². The second kappa shape index (κ2) is 6.70. The van der Waals surface area contributed by atoms with E-state index in [-0.39, 0.29) is 11.5 Å². The highest BCUT2D eigenvalue weighted by atomic mass is 79.9. The van der Waals surface area contributed by atoms with E-state index in [0.717, 1.165) is 32.4 Å². The van der Waals surface area contributed by atoms with E-state index < -0.39 is 5.82 Å². The van der Waals surface area contributed by atoms with E-state index in [2.05, 4.69) is 29.8 Å². The molecule has 0 spiro atoms. The summed E-state index contributed by atoms with van der Waals surface area (Å²) in [5.41, 5.74) is 0.169. The van der Waals surface area contributed by atoms with E-state index >= 15 is 0 Å². The smallest absolute Gasteiger partial charge is 0.256 e. The number of benzene rings is 1. The van der Waals surface area contributed by atoms with Crippen molar-refractivity contribution in [3.63, 3.8) is 0 Å². The fourth-order valence-electron chi connectivity index (χ4n) is 2.83. The van der Waals surface area contributed by atoms with Gasteiger partial charge in [-0.25, -0.2) is 4.39 Å². The number of nitrogens with zero attached hydrogens (tertiary/aromatic N) is 1. The second-order valence-electron chi connectivity index (χ2n) is 5.83. The summed E-state index contributed by atoms with van der Waals surface area (Å²) in [4.78, 5) is 14.3. The summed E-state index contributed by atoms with van der Waals surface area (Å²) < 4.78 is 14.4. The Hall–Kier alpha value is -0.900. The predicted molar refractivity (Wildman–Crippen MR) is 82.2 cm³/mol. The minimum Gasteiger partial charge on any atom is -0.339 e. The maximum absolute atomic E-state index is 14.0. The van der Waals surface area contributed by atoms with Crippen molar-refractivity contribution in [3.8, 4) is 0 Å². The van der Waals surface area contributed by atoms with Crippen LogP contribution >= 0.6 is 15.9 Å². The first kappa shape index (κ1) is 15.5. The summed E-state index contributed by atoms with van der Waals surface area (Å²) in [6.07, 6.45) is 3.17. The van der Waals surface area contributed by atoms with Gasteiger partial charge in [-0.1, -0.05) is 19.9 Å². The van der Waals surface area contributed by atoms with Crippen LogP contribution in [0.3, 0.4) is 0 Å². The van der Waals surface area contributed by atoms with Gasteiger partial charge in [-0.05, 0) is 59.2 Å². The summed E-state index contributed by atoms with van der Waals surface area (Å²) in [5.74, 6) is 0.670. The van der Waals surface area contributed by atoms with Gasteiger partial charge in [-0.2, -0.15) is 0 Å². The third-order valence-corrected chi connectivity index (χ3v) is 4.80. The average molecular weight is 342 g/mol. The van der Waals surface area contributed by atoms with Crippen molar-refractivity contribution in [2.45, 2.75) is 33.1 Å². The van der Waals surface area contributed by atoms with E-state index in [0.29, 0.717) is 16.3 Å². The lowest BCUT2D eigenvalue weighted by Crippen LogP contribution is -2.32. The van der Waals surface area contributed by atoms with Gasteiger partial charge in [0, 0.05) is 13.1 Å². The third kappa shape index (κ3) is 3.40. The molecule has 2 rings (SSSR count). The fraction of sp³-hybridized carbons (Fsp3) is 0.562. The van der Waals surface area contributed by atoms with Gasteiger partial charge >= 0.3 is 0 Å². The third-order valence-electron chi connectivity index (χ3n) is 4.18. The Morgan fingerprint density at radius 2 is 2.10 bits per heavy atom. The van der Waals surface area contributed by atoms with Crippen LogP contribution in [0.25, 0.3) is 0 Å². The van der Waals surface area contributed by atoms with Gasteiger partial charge in [0.25, 0.3) is 5.91 Å². The molecule has 1 fully saturated rings. The number of halogens is 2. The van der Waals surface area contributed by atoms with E-state index in [1.807, 2.05) is 0 Å². The summed E-state index contributed by atoms with van der Waals surface area (Å²) in [7, 11) is 0. The maximum atomic E-state index is 14.0. The zero-order chi connectivity index (χ0) is 14.7. The van der Waals surface area contributed by atoms with Crippen LogP contribution in [0.4, 0.5) is 4.39 Å². The molecule has 110 valence electrons. The largest absolute Gasteiger partial charge is 0.339 e. The van der Waals surface area contributed by atoms with Crippen LogP contribution in [0, 0.1) is 17.7 Å². The zero-order valence-corrected chi connectivity index (χ0v) is 13.6. The van der Waals surface area contributed by atoms with Gasteiger partial charge in [0.1, 0.15) is 5.82 Å². The highest BCUT2D eigenvalue weighted by Gasteiger charge is 2.25. The predicted octanol–water partition coefficient (Wildman–Crippen LogP) is 4.49. The zero-order valence-electron chi connectivity index (χ0n) is 12.0. The molecule has 1 aliphatic rings. The van der Waals surface area contributed by atoms with Crippen LogP contribution in [-0.4, -0.2) is 23.9 Å². The lowest BCUT2D eigenvalue weighted by molar-refractivity contribution is 0.0754. The van der Waals surface area contributed by atoms with Crippen molar-refractivity contribution in [2.75, 3.05) is 13.1 Å². The van der Waals surface area contributed by atoms with Crippen molar-refractivity contribution in [3.05, 3.63) is 34.1 Å². The van der Waals surface area contributed by atoms with E-state index in [1.165, 1.54) is 0 Å². The Bertz CT molecular complexity index is 489. The van der Waals surface area contributed by atoms with Gasteiger partial charge in [0.05, 0.1) is 10.0 Å². The summed E-state index contributed by atoms with van der Waals surface area (Å²) in [6.45, 7) is 5.92. The van der Waals surface area contributed by atoms with Crippen molar-refractivity contribution >= 4 is 21.8 Å². The molecule has 1 heterocycles. The SMILES string of the molecule is CC(C)C1CCCN(C(=O)c2cccc(Br)c2F)CC1. The minimum atomic E-state index is -0.456. The lowest BCUT2D eigenvalue weighted by atomic mass is 9.89. The minimum absolute atomic E-state index is 0.169. The number of amides is 1. The van der Waals surface area contributed by atoms with Gasteiger partial charge in [0.2, 0.25) is 0 Å². The molecule has 2 nitrogen and oxygen atoms in total. The summed E-state index contributed by atoms with van der Waals surface area (Å²) in [6, 6.07) is 4.88. The molecule has 1 atom stereocenters. The molecule has 1 amide bonds. The average Bonchev–Trinajstić information content (AvgIpc) is 2.67. The monoisotopic (exact) mass is 341 g/mol. The van der Waals surface area contributed by atoms with E-state index in [9.17, 15) is 9.18 Å². The van der Waals surface area contributed by atoms with E-state index in [1.54, 1.807) is 23.1 Å². The fourth-order valence-corrected chi connectivity index (χ4v) is 3.20. The number of rotatable bonds is 2. The number of hydrogen-bond acceptors (Lipinski definition) is 1. The maximum Gasteiger partial charge on any atom is 0.256 e. The first-order valence-electron chi connectivity index (χ1n) is 7.24. The molecule has 0 radical (unpaired) electrons. The lowest BCUT2D eigenvalue weighted by Gasteiger charge is -2.22. The summed E-state index contributed by atoms with van der Waals surface area (Å²) in [5, 5.41) is 0. The Kier molecular flexibility index (Phi) is 5.19. The molecule has 1 aliphatic heterocycles. The molecular weight excluding hydrogens is 321 g/mol. The number of likely N-dealkylation sites (tertiary alicyclic amines) is 1.